The van der Waals surface area contributed by atoms with E-state index in [1.165, 1.54) is 5.06 Å². The fourth-order valence-corrected chi connectivity index (χ4v) is 1.68. The summed E-state index contributed by atoms with van der Waals surface area (Å²) in [4.78, 5) is 0. The van der Waals surface area contributed by atoms with Crippen LogP contribution in [0.2, 0.25) is 0 Å². The van der Waals surface area contributed by atoms with Crippen LogP contribution in [0.3, 0.4) is 0 Å². The molecular weight excluding hydrogens is 198 g/mol. The molecule has 0 aliphatic rings. The van der Waals surface area contributed by atoms with Crippen molar-refractivity contribution in [2.45, 2.75) is 13.0 Å². The molecule has 0 saturated heterocycles. The Bertz CT molecular complexity index is 384. The molecule has 0 amide bonds. The average Bonchev–Trinajstić information content (AvgIpc) is 2.39. The van der Waals surface area contributed by atoms with Gasteiger partial charge in [-0.15, -0.1) is 0 Å². The van der Waals surface area contributed by atoms with Crippen LogP contribution in [0.15, 0.2) is 60.7 Å². The summed E-state index contributed by atoms with van der Waals surface area (Å²) >= 11 is 0. The monoisotopic (exact) mass is 213 g/mol. The summed E-state index contributed by atoms with van der Waals surface area (Å²) in [6, 6.07) is 19.4. The van der Waals surface area contributed by atoms with E-state index in [9.17, 15) is 5.21 Å². The van der Waals surface area contributed by atoms with Gasteiger partial charge in [-0.1, -0.05) is 48.5 Å². The van der Waals surface area contributed by atoms with Gasteiger partial charge in [0.05, 0.1) is 11.7 Å². The van der Waals surface area contributed by atoms with Crippen molar-refractivity contribution in [2.75, 3.05) is 5.06 Å². The standard InChI is InChI=1S/C14H15NO/c1-12(13-8-4-2-5-9-13)15(16)14-10-6-3-7-11-14/h2-12,16H,1H3. The van der Waals surface area contributed by atoms with Gasteiger partial charge in [-0.2, -0.15) is 0 Å². The van der Waals surface area contributed by atoms with Gasteiger partial charge in [0, 0.05) is 0 Å². The Hall–Kier alpha value is -1.80. The van der Waals surface area contributed by atoms with E-state index in [-0.39, 0.29) is 6.04 Å². The summed E-state index contributed by atoms with van der Waals surface area (Å²) in [5.41, 5.74) is 1.90. The molecule has 1 N–H and O–H groups in total. The normalized spacial score (nSPS) is 12.1. The third-order valence-corrected chi connectivity index (χ3v) is 2.67. The fraction of sp³-hybridized carbons (Fsp3) is 0.143. The molecule has 0 radical (unpaired) electrons. The Labute approximate surface area is 95.7 Å². The van der Waals surface area contributed by atoms with Crippen LogP contribution in [0.25, 0.3) is 0 Å². The average molecular weight is 213 g/mol. The number of benzene rings is 2. The SMILES string of the molecule is CC(c1ccccc1)N(O)c1ccccc1. The molecule has 1 unspecified atom stereocenters. The predicted octanol–water partition coefficient (Wildman–Crippen LogP) is 3.64. The molecule has 0 aliphatic carbocycles. The van der Waals surface area contributed by atoms with Crippen LogP contribution in [-0.4, -0.2) is 5.21 Å². The molecule has 0 aromatic heterocycles. The van der Waals surface area contributed by atoms with Crippen LogP contribution >= 0.6 is 0 Å². The van der Waals surface area contributed by atoms with E-state index in [1.54, 1.807) is 0 Å². The first-order valence-corrected chi connectivity index (χ1v) is 5.37. The number of hydroxylamine groups is 1. The first-order valence-electron chi connectivity index (χ1n) is 5.37. The van der Waals surface area contributed by atoms with Crippen LogP contribution in [0.4, 0.5) is 5.69 Å². The number of nitrogens with zero attached hydrogens (tertiary/aromatic N) is 1. The van der Waals surface area contributed by atoms with E-state index in [2.05, 4.69) is 0 Å². The third-order valence-electron chi connectivity index (χ3n) is 2.67. The Balaban J connectivity index is 2.20. The van der Waals surface area contributed by atoms with Gasteiger partial charge in [0.15, 0.2) is 0 Å². The summed E-state index contributed by atoms with van der Waals surface area (Å²) in [7, 11) is 0. The fourth-order valence-electron chi connectivity index (χ4n) is 1.68. The van der Waals surface area contributed by atoms with Gasteiger partial charge < -0.3 is 0 Å². The van der Waals surface area contributed by atoms with Gasteiger partial charge in [-0.05, 0) is 24.6 Å². The van der Waals surface area contributed by atoms with Crippen molar-refractivity contribution in [2.24, 2.45) is 0 Å². The number of hydrogen-bond acceptors (Lipinski definition) is 2. The maximum absolute atomic E-state index is 10.1. The third kappa shape index (κ3) is 2.23. The molecule has 16 heavy (non-hydrogen) atoms. The van der Waals surface area contributed by atoms with E-state index in [4.69, 9.17) is 0 Å². The Morgan fingerprint density at radius 2 is 1.38 bits per heavy atom. The second-order valence-electron chi connectivity index (χ2n) is 3.77. The van der Waals surface area contributed by atoms with E-state index in [0.717, 1.165) is 11.3 Å². The van der Waals surface area contributed by atoms with Crippen LogP contribution in [-0.2, 0) is 0 Å². The molecule has 0 bridgehead atoms. The van der Waals surface area contributed by atoms with Gasteiger partial charge in [0.2, 0.25) is 0 Å². The molecule has 0 aliphatic heterocycles. The minimum absolute atomic E-state index is 0.0522. The van der Waals surface area contributed by atoms with E-state index >= 15 is 0 Å². The summed E-state index contributed by atoms with van der Waals surface area (Å²) < 4.78 is 0. The predicted molar refractivity (Wildman–Crippen MR) is 65.6 cm³/mol. The quantitative estimate of drug-likeness (QED) is 0.787. The highest BCUT2D eigenvalue weighted by molar-refractivity contribution is 5.45. The molecule has 82 valence electrons. The van der Waals surface area contributed by atoms with Crippen molar-refractivity contribution < 1.29 is 5.21 Å². The molecule has 2 nitrogen and oxygen atoms in total. The Morgan fingerprint density at radius 3 is 1.94 bits per heavy atom. The van der Waals surface area contributed by atoms with E-state index < -0.39 is 0 Å². The molecule has 0 saturated carbocycles. The topological polar surface area (TPSA) is 23.5 Å². The molecular formula is C14H15NO. The van der Waals surface area contributed by atoms with Crippen LogP contribution in [0.5, 0.6) is 0 Å². The zero-order valence-electron chi connectivity index (χ0n) is 9.25. The number of anilines is 1. The maximum Gasteiger partial charge on any atom is 0.0784 e. The highest BCUT2D eigenvalue weighted by atomic mass is 16.5. The second-order valence-corrected chi connectivity index (χ2v) is 3.77. The molecule has 2 heteroatoms. The molecule has 2 aromatic carbocycles. The Kier molecular flexibility index (Phi) is 3.22. The second kappa shape index (κ2) is 4.81. The number of rotatable bonds is 3. The van der Waals surface area contributed by atoms with Gasteiger partial charge in [-0.25, -0.2) is 5.06 Å². The van der Waals surface area contributed by atoms with Crippen molar-refractivity contribution in [3.05, 3.63) is 66.2 Å². The summed E-state index contributed by atoms with van der Waals surface area (Å²) in [6.07, 6.45) is 0. The van der Waals surface area contributed by atoms with Crippen LogP contribution in [0, 0.1) is 0 Å². The maximum atomic E-state index is 10.1. The zero-order chi connectivity index (χ0) is 11.4. The lowest BCUT2D eigenvalue weighted by atomic mass is 10.1. The molecule has 2 aromatic rings. The van der Waals surface area contributed by atoms with Crippen molar-refractivity contribution in [3.8, 4) is 0 Å². The number of para-hydroxylation sites is 1. The van der Waals surface area contributed by atoms with Crippen LogP contribution in [0.1, 0.15) is 18.5 Å². The highest BCUT2D eigenvalue weighted by Crippen LogP contribution is 2.24. The van der Waals surface area contributed by atoms with E-state index in [1.807, 2.05) is 67.6 Å². The minimum Gasteiger partial charge on any atom is -0.288 e. The van der Waals surface area contributed by atoms with Crippen molar-refractivity contribution in [1.29, 1.82) is 0 Å². The van der Waals surface area contributed by atoms with Crippen molar-refractivity contribution >= 4 is 5.69 Å². The Morgan fingerprint density at radius 1 is 0.875 bits per heavy atom. The molecule has 1 atom stereocenters. The molecule has 0 fully saturated rings. The molecule has 0 heterocycles. The van der Waals surface area contributed by atoms with Crippen molar-refractivity contribution in [3.63, 3.8) is 0 Å². The summed E-state index contributed by atoms with van der Waals surface area (Å²) in [5.74, 6) is 0. The van der Waals surface area contributed by atoms with Crippen molar-refractivity contribution in [1.82, 2.24) is 0 Å². The number of hydrogen-bond donors (Lipinski definition) is 1. The van der Waals surface area contributed by atoms with Crippen LogP contribution < -0.4 is 5.06 Å². The molecule has 2 rings (SSSR count). The van der Waals surface area contributed by atoms with E-state index in [0.29, 0.717) is 0 Å². The van der Waals surface area contributed by atoms with Gasteiger partial charge >= 0.3 is 0 Å². The first-order chi connectivity index (χ1) is 7.79. The summed E-state index contributed by atoms with van der Waals surface area (Å²) in [6.45, 7) is 1.97. The minimum atomic E-state index is -0.0522. The summed E-state index contributed by atoms with van der Waals surface area (Å²) in [5, 5.41) is 11.4. The lowest BCUT2D eigenvalue weighted by molar-refractivity contribution is 0.223. The van der Waals surface area contributed by atoms with Gasteiger partial charge in [-0.3, -0.25) is 5.21 Å². The first kappa shape index (κ1) is 10.7. The lowest BCUT2D eigenvalue weighted by Gasteiger charge is -2.24. The van der Waals surface area contributed by atoms with Gasteiger partial charge in [0.25, 0.3) is 0 Å². The largest absolute Gasteiger partial charge is 0.288 e. The smallest absolute Gasteiger partial charge is 0.0784 e. The zero-order valence-corrected chi connectivity index (χ0v) is 9.25. The highest BCUT2D eigenvalue weighted by Gasteiger charge is 2.13. The van der Waals surface area contributed by atoms with Gasteiger partial charge in [0.1, 0.15) is 0 Å². The lowest BCUT2D eigenvalue weighted by Crippen LogP contribution is -2.22. The molecule has 0 spiro atoms.